The van der Waals surface area contributed by atoms with Crippen LogP contribution in [0.25, 0.3) is 0 Å². The van der Waals surface area contributed by atoms with Gasteiger partial charge in [-0.05, 0) is 70.3 Å². The van der Waals surface area contributed by atoms with Gasteiger partial charge in [-0.15, -0.1) is 0 Å². The van der Waals surface area contributed by atoms with Crippen LogP contribution in [0.4, 0.5) is 0 Å². The number of hydrogen-bond donors (Lipinski definition) is 6. The fraction of sp³-hybridized carbons (Fsp3) is 0.486. The zero-order valence-electron chi connectivity index (χ0n) is 42.8. The Balaban J connectivity index is 0.000000467. The summed E-state index contributed by atoms with van der Waals surface area (Å²) < 4.78 is 152. The average molecular weight is 1180 g/mol. The molecule has 0 bridgehead atoms. The van der Waals surface area contributed by atoms with E-state index in [-0.39, 0.29) is 53.0 Å². The summed E-state index contributed by atoms with van der Waals surface area (Å²) in [5.74, 6) is 0.439. The number of hydrogen-bond acceptors (Lipinski definition) is 21. The molecule has 0 saturated heterocycles. The van der Waals surface area contributed by atoms with Gasteiger partial charge in [-0.2, -0.15) is 0 Å². The highest BCUT2D eigenvalue weighted by molar-refractivity contribution is 7.90. The normalized spacial score (nSPS) is 12.5. The zero-order chi connectivity index (χ0) is 58.0. The fourth-order valence-corrected chi connectivity index (χ4v) is 9.66. The molecule has 0 aliphatic carbocycles. The fourth-order valence-electron chi connectivity index (χ4n) is 4.98. The van der Waals surface area contributed by atoms with Crippen LogP contribution in [0.5, 0.6) is 5.75 Å². The van der Waals surface area contributed by atoms with Crippen LogP contribution in [0.2, 0.25) is 18.1 Å². The number of carboxylic acids is 1. The van der Waals surface area contributed by atoms with E-state index < -0.39 is 80.8 Å². The quantitative estimate of drug-likeness (QED) is 0.0689. The third-order valence-corrected chi connectivity index (χ3v) is 19.4. The average Bonchev–Trinajstić information content (AvgIpc) is 3.97. The Kier molecular flexibility index (Phi) is 23.2. The minimum atomic E-state index is -3.89. The molecule has 0 atom stereocenters. The number of carbonyl (C=O) groups is 1. The lowest BCUT2D eigenvalue weighted by atomic mass is 10.2. The summed E-state index contributed by atoms with van der Waals surface area (Å²) in [4.78, 5) is 23.6. The second-order valence-electron chi connectivity index (χ2n) is 17.7. The first-order chi connectivity index (χ1) is 33.1. The third-order valence-electron chi connectivity index (χ3n) is 9.71. The third kappa shape index (κ3) is 22.8. The van der Waals surface area contributed by atoms with Gasteiger partial charge < -0.3 is 37.4 Å². The number of imidazole rings is 3. The Hall–Kier alpha value is -5.03. The molecule has 0 amide bonds. The lowest BCUT2D eigenvalue weighted by Gasteiger charge is -2.35. The number of primary sulfonamides is 5. The van der Waals surface area contributed by atoms with E-state index >= 15 is 0 Å². The van der Waals surface area contributed by atoms with Crippen LogP contribution >= 0.6 is 0 Å². The lowest BCUT2D eigenvalue weighted by molar-refractivity contribution is -0.139. The molecule has 37 heteroatoms. The second kappa shape index (κ2) is 25.7. The summed E-state index contributed by atoms with van der Waals surface area (Å²) in [6.07, 6.45) is 5.03. The maximum atomic E-state index is 11.2. The lowest BCUT2D eigenvalue weighted by Crippen LogP contribution is -2.40. The molecule has 1 aromatic carbocycles. The standard InChI is InChI=1S/C11H23N3O3SSi.C8H9NO5S.C7H14N4O2S.C6H11N3O4S2.C5H8N2O3S/c1-11(2,3)19(5,6)17-8-9-13-10(7-14(9)4)18(12,15)16;9-15(12,13)7-3-1-6(2-4-7)14-5-8(10)11;1-10(2)4-6-9-7(5-11(6)3)14(8,12)13;1-9-3-6(15(7,12)13)8-5(9)4-14(2,10)11;1-3-5(11(6,8)9)4(2)10-7-3/h7H,8H2,1-6H3,(H2,12,15,16);1-4H,5H2,(H,10,11)(H2,9,12,13);5H,4H2,1-3H3,(H2,8,12,13);3H,4H2,1-2H3,(H2,7,12,13);1-2H3,(H2,6,8,9). The first-order valence-corrected chi connectivity index (χ1v) is 33.3. The van der Waals surface area contributed by atoms with Gasteiger partial charge in [0, 0.05) is 46.0 Å². The number of sulfone groups is 1. The number of carboxylic acid groups (broad SMARTS) is 1. The van der Waals surface area contributed by atoms with Crippen LogP contribution in [-0.4, -0.2) is 136 Å². The van der Waals surface area contributed by atoms with Crippen LogP contribution in [-0.2, 0) is 109 Å². The molecule has 11 N–H and O–H groups in total. The topological polar surface area (TPSA) is 473 Å². The summed E-state index contributed by atoms with van der Waals surface area (Å²) in [5, 5.41) is 35.9. The van der Waals surface area contributed by atoms with E-state index in [4.69, 9.17) is 40.0 Å². The van der Waals surface area contributed by atoms with E-state index in [1.165, 1.54) is 68.3 Å². The highest BCUT2D eigenvalue weighted by atomic mass is 32.2. The molecular weight excluding hydrogens is 1120 g/mol. The van der Waals surface area contributed by atoms with Crippen molar-refractivity contribution in [2.24, 2.45) is 46.8 Å². The van der Waals surface area contributed by atoms with E-state index in [9.17, 15) is 55.3 Å². The molecule has 0 aliphatic heterocycles. The Labute approximate surface area is 432 Å². The van der Waals surface area contributed by atoms with E-state index in [2.05, 4.69) is 58.5 Å². The summed E-state index contributed by atoms with van der Waals surface area (Å²) in [7, 11) is -15.1. The molecular formula is C37H65N13O17S6Si. The minimum absolute atomic E-state index is 0.0162. The maximum Gasteiger partial charge on any atom is 0.341 e. The number of aryl methyl sites for hydroxylation is 5. The molecule has 0 saturated carbocycles. The molecule has 0 aliphatic rings. The van der Waals surface area contributed by atoms with E-state index in [1.54, 1.807) is 23.2 Å². The van der Waals surface area contributed by atoms with Crippen molar-refractivity contribution >= 4 is 74.2 Å². The molecule has 420 valence electrons. The van der Waals surface area contributed by atoms with Gasteiger partial charge >= 0.3 is 5.97 Å². The summed E-state index contributed by atoms with van der Waals surface area (Å²) in [5.41, 5.74) is 0.296. The molecule has 74 heavy (non-hydrogen) atoms. The molecule has 0 spiro atoms. The van der Waals surface area contributed by atoms with Gasteiger partial charge in [-0.25, -0.2) is 95.9 Å². The van der Waals surface area contributed by atoms with Crippen LogP contribution in [0.1, 0.15) is 49.7 Å². The van der Waals surface area contributed by atoms with Gasteiger partial charge in [0.15, 0.2) is 45.6 Å². The summed E-state index contributed by atoms with van der Waals surface area (Å²) in [6.45, 7) is 14.1. The van der Waals surface area contributed by atoms with Crippen molar-refractivity contribution < 1.29 is 74.1 Å². The Morgan fingerprint density at radius 2 is 1.09 bits per heavy atom. The molecule has 5 aromatic rings. The van der Waals surface area contributed by atoms with Crippen LogP contribution in [0.15, 0.2) is 72.2 Å². The largest absolute Gasteiger partial charge is 0.482 e. The van der Waals surface area contributed by atoms with Gasteiger partial charge in [0.25, 0.3) is 30.1 Å². The number of aliphatic carboxylic acids is 1. The monoisotopic (exact) mass is 1180 g/mol. The molecule has 4 heterocycles. The van der Waals surface area contributed by atoms with E-state index in [0.29, 0.717) is 30.5 Å². The molecule has 5 rings (SSSR count). The summed E-state index contributed by atoms with van der Waals surface area (Å²) in [6, 6.07) is 5.16. The van der Waals surface area contributed by atoms with Crippen molar-refractivity contribution in [3.05, 3.63) is 71.8 Å². The maximum absolute atomic E-state index is 11.2. The first kappa shape index (κ1) is 67.0. The van der Waals surface area contributed by atoms with Crippen molar-refractivity contribution in [2.45, 2.75) is 96.5 Å². The van der Waals surface area contributed by atoms with Crippen molar-refractivity contribution in [2.75, 3.05) is 27.0 Å². The highest BCUT2D eigenvalue weighted by Crippen LogP contribution is 2.37. The van der Waals surface area contributed by atoms with E-state index in [1.807, 2.05) is 19.0 Å². The number of nitrogens with two attached hydrogens (primary N) is 5. The summed E-state index contributed by atoms with van der Waals surface area (Å²) >= 11 is 0. The van der Waals surface area contributed by atoms with Gasteiger partial charge in [0.1, 0.15) is 39.6 Å². The molecule has 0 fully saturated rings. The van der Waals surface area contributed by atoms with E-state index in [0.717, 1.165) is 6.26 Å². The number of benzene rings is 1. The smallest absolute Gasteiger partial charge is 0.341 e. The van der Waals surface area contributed by atoms with Crippen LogP contribution in [0.3, 0.4) is 0 Å². The number of rotatable bonds is 15. The van der Waals surface area contributed by atoms with Gasteiger partial charge in [-0.3, -0.25) is 0 Å². The highest BCUT2D eigenvalue weighted by Gasteiger charge is 2.37. The minimum Gasteiger partial charge on any atom is -0.482 e. The van der Waals surface area contributed by atoms with Gasteiger partial charge in [0.05, 0.1) is 18.0 Å². The predicted molar refractivity (Wildman–Crippen MR) is 270 cm³/mol. The van der Waals surface area contributed by atoms with Gasteiger partial charge in [0.2, 0.25) is 20.0 Å². The molecule has 0 unspecified atom stereocenters. The number of aromatic nitrogens is 7. The second-order valence-corrected chi connectivity index (χ2v) is 32.2. The molecule has 0 radical (unpaired) electrons. The van der Waals surface area contributed by atoms with Crippen molar-refractivity contribution in [1.82, 2.24) is 38.7 Å². The Morgan fingerprint density at radius 3 is 1.41 bits per heavy atom. The number of nitrogens with zero attached hydrogens (tertiary/aromatic N) is 8. The Morgan fingerprint density at radius 1 is 0.689 bits per heavy atom. The van der Waals surface area contributed by atoms with Gasteiger partial charge in [-0.1, -0.05) is 25.9 Å². The Bertz CT molecular complexity index is 3400. The predicted octanol–water partition coefficient (Wildman–Crippen LogP) is -0.933. The van der Waals surface area contributed by atoms with Crippen molar-refractivity contribution in [3.63, 3.8) is 0 Å². The zero-order valence-corrected chi connectivity index (χ0v) is 48.7. The molecule has 4 aromatic heterocycles. The number of ether oxygens (including phenoxy) is 1. The van der Waals surface area contributed by atoms with Crippen LogP contribution < -0.4 is 30.4 Å². The number of sulfonamides is 5. The van der Waals surface area contributed by atoms with Crippen molar-refractivity contribution in [3.8, 4) is 5.75 Å². The SMILES string of the molecule is CN(C)Cc1nc(S(N)(=O)=O)cn1C.Cc1noc(C)c1S(N)(=O)=O.Cn1cc(S(N)(=O)=O)nc1CO[Si](C)(C)C(C)(C)C.Cn1cc(S(N)(=O)=O)nc1CS(C)(=O)=O.NS(=O)(=O)c1ccc(OCC(=O)O)cc1. The first-order valence-electron chi connectivity index (χ1n) is 20.6. The van der Waals surface area contributed by atoms with Crippen molar-refractivity contribution in [1.29, 1.82) is 0 Å². The van der Waals surface area contributed by atoms with Crippen LogP contribution in [0, 0.1) is 13.8 Å². The molecule has 30 nitrogen and oxygen atoms in total.